The van der Waals surface area contributed by atoms with Crippen LogP contribution in [0.5, 0.6) is 5.75 Å². The molecule has 0 N–H and O–H groups in total. The molecule has 32 heavy (non-hydrogen) atoms. The smallest absolute Gasteiger partial charge is 0.254 e. The number of rotatable bonds is 9. The maximum atomic E-state index is 13.2. The van der Waals surface area contributed by atoms with E-state index in [0.717, 1.165) is 63.6 Å². The fraction of sp³-hybridized carbons (Fsp3) is 0.480. The molecule has 2 saturated heterocycles. The van der Waals surface area contributed by atoms with Gasteiger partial charge in [-0.25, -0.2) is 0 Å². The molecule has 0 spiro atoms. The summed E-state index contributed by atoms with van der Waals surface area (Å²) >= 11 is 6.11. The lowest BCUT2D eigenvalue weighted by atomic mass is 10.1. The lowest BCUT2D eigenvalue weighted by Crippen LogP contribution is -2.38. The van der Waals surface area contributed by atoms with E-state index in [4.69, 9.17) is 25.8 Å². The van der Waals surface area contributed by atoms with E-state index < -0.39 is 0 Å². The molecule has 6 nitrogen and oxygen atoms in total. The first-order valence-corrected chi connectivity index (χ1v) is 11.7. The molecule has 2 heterocycles. The Balaban J connectivity index is 1.35. The van der Waals surface area contributed by atoms with Crippen LogP contribution in [0.1, 0.15) is 28.8 Å². The molecular weight excluding hydrogens is 428 g/mol. The number of morpholine rings is 1. The van der Waals surface area contributed by atoms with Crippen molar-refractivity contribution in [2.45, 2.75) is 25.5 Å². The molecule has 2 aromatic rings. The van der Waals surface area contributed by atoms with Gasteiger partial charge in [0.15, 0.2) is 0 Å². The van der Waals surface area contributed by atoms with Crippen LogP contribution in [0.15, 0.2) is 48.5 Å². The number of amides is 1. The van der Waals surface area contributed by atoms with E-state index in [9.17, 15) is 4.79 Å². The largest absolute Gasteiger partial charge is 0.492 e. The summed E-state index contributed by atoms with van der Waals surface area (Å²) < 4.78 is 17.1. The van der Waals surface area contributed by atoms with Gasteiger partial charge in [-0.3, -0.25) is 9.69 Å². The van der Waals surface area contributed by atoms with Gasteiger partial charge in [-0.1, -0.05) is 29.8 Å². The summed E-state index contributed by atoms with van der Waals surface area (Å²) in [5, 5.41) is 0.562. The predicted octanol–water partition coefficient (Wildman–Crippen LogP) is 3.87. The Bertz CT molecular complexity index is 865. The minimum Gasteiger partial charge on any atom is -0.492 e. The minimum absolute atomic E-state index is 0.0335. The number of nitrogens with zero attached hydrogens (tertiary/aromatic N) is 2. The van der Waals surface area contributed by atoms with Crippen LogP contribution < -0.4 is 4.74 Å². The van der Waals surface area contributed by atoms with Gasteiger partial charge >= 0.3 is 0 Å². The van der Waals surface area contributed by atoms with Gasteiger partial charge in [-0.2, -0.15) is 0 Å². The number of ether oxygens (including phenoxy) is 3. The third-order valence-corrected chi connectivity index (χ3v) is 6.12. The summed E-state index contributed by atoms with van der Waals surface area (Å²) in [5.41, 5.74) is 1.65. The first kappa shape index (κ1) is 23.1. The summed E-state index contributed by atoms with van der Waals surface area (Å²) in [6.45, 7) is 6.91. The van der Waals surface area contributed by atoms with Crippen molar-refractivity contribution >= 4 is 17.5 Å². The Labute approximate surface area is 195 Å². The van der Waals surface area contributed by atoms with Crippen LogP contribution in [0, 0.1) is 0 Å². The third kappa shape index (κ3) is 6.69. The van der Waals surface area contributed by atoms with Crippen LogP contribution in [0.2, 0.25) is 5.02 Å². The summed E-state index contributed by atoms with van der Waals surface area (Å²) in [5.74, 6) is 0.808. The molecule has 0 radical (unpaired) electrons. The monoisotopic (exact) mass is 458 g/mol. The second-order valence-corrected chi connectivity index (χ2v) is 8.71. The zero-order chi connectivity index (χ0) is 22.2. The number of carbonyl (C=O) groups is 1. The Kier molecular flexibility index (Phi) is 8.40. The van der Waals surface area contributed by atoms with Gasteiger partial charge in [0, 0.05) is 49.9 Å². The molecule has 2 aliphatic heterocycles. The molecule has 2 aromatic carbocycles. The lowest BCUT2D eigenvalue weighted by molar-refractivity contribution is 0.0322. The van der Waals surface area contributed by atoms with Gasteiger partial charge in [0.05, 0.1) is 19.3 Å². The van der Waals surface area contributed by atoms with Crippen LogP contribution in [-0.4, -0.2) is 74.4 Å². The van der Waals surface area contributed by atoms with Gasteiger partial charge in [0.25, 0.3) is 5.91 Å². The predicted molar refractivity (Wildman–Crippen MR) is 124 cm³/mol. The maximum absolute atomic E-state index is 13.2. The van der Waals surface area contributed by atoms with Crippen molar-refractivity contribution in [3.63, 3.8) is 0 Å². The summed E-state index contributed by atoms with van der Waals surface area (Å²) in [6, 6.07) is 15.1. The van der Waals surface area contributed by atoms with Crippen LogP contribution in [0.4, 0.5) is 0 Å². The highest BCUT2D eigenvalue weighted by Gasteiger charge is 2.24. The quantitative estimate of drug-likeness (QED) is 0.571. The normalized spacial score (nSPS) is 19.1. The van der Waals surface area contributed by atoms with Crippen molar-refractivity contribution in [3.05, 3.63) is 64.7 Å². The van der Waals surface area contributed by atoms with E-state index in [-0.39, 0.29) is 12.0 Å². The number of hydrogen-bond donors (Lipinski definition) is 0. The van der Waals surface area contributed by atoms with Crippen LogP contribution in [-0.2, 0) is 16.0 Å². The summed E-state index contributed by atoms with van der Waals surface area (Å²) in [4.78, 5) is 17.4. The van der Waals surface area contributed by atoms with Crippen molar-refractivity contribution in [2.24, 2.45) is 0 Å². The molecule has 0 unspecified atom stereocenters. The maximum Gasteiger partial charge on any atom is 0.254 e. The second kappa shape index (κ2) is 11.7. The third-order valence-electron chi connectivity index (χ3n) is 5.88. The first-order chi connectivity index (χ1) is 15.7. The topological polar surface area (TPSA) is 51.2 Å². The molecule has 2 aliphatic rings. The van der Waals surface area contributed by atoms with Crippen molar-refractivity contribution in [2.75, 3.05) is 52.6 Å². The van der Waals surface area contributed by atoms with Crippen molar-refractivity contribution in [1.82, 2.24) is 9.80 Å². The van der Waals surface area contributed by atoms with E-state index in [1.807, 2.05) is 41.3 Å². The second-order valence-electron chi connectivity index (χ2n) is 8.28. The molecule has 0 aromatic heterocycles. The SMILES string of the molecule is O=C(c1cccc(Cl)c1)N(Cc1ccc(OCCN2CCOCC2)cc1)C[C@@H]1CCCO1. The van der Waals surface area contributed by atoms with Gasteiger partial charge in [-0.05, 0) is 48.7 Å². The molecular formula is C25H31ClN2O4. The van der Waals surface area contributed by atoms with E-state index >= 15 is 0 Å². The summed E-state index contributed by atoms with van der Waals surface area (Å²) in [6.07, 6.45) is 2.11. The first-order valence-electron chi connectivity index (χ1n) is 11.4. The van der Waals surface area contributed by atoms with Gasteiger partial charge in [-0.15, -0.1) is 0 Å². The fourth-order valence-electron chi connectivity index (χ4n) is 4.09. The standard InChI is InChI=1S/C25H31ClN2O4/c26-22-4-1-3-21(17-22)25(29)28(19-24-5-2-13-31-24)18-20-6-8-23(9-7-20)32-16-12-27-10-14-30-15-11-27/h1,3-4,6-9,17,24H,2,5,10-16,18-19H2/t24-/m0/s1. The Hall–Kier alpha value is -2.12. The zero-order valence-electron chi connectivity index (χ0n) is 18.4. The van der Waals surface area contributed by atoms with E-state index in [0.29, 0.717) is 30.3 Å². The zero-order valence-corrected chi connectivity index (χ0v) is 19.1. The molecule has 1 atom stereocenters. The number of hydrogen-bond acceptors (Lipinski definition) is 5. The van der Waals surface area contributed by atoms with Gasteiger partial charge < -0.3 is 19.1 Å². The Morgan fingerprint density at radius 2 is 1.94 bits per heavy atom. The van der Waals surface area contributed by atoms with E-state index in [2.05, 4.69) is 4.90 Å². The average Bonchev–Trinajstić information content (AvgIpc) is 3.33. The highest BCUT2D eigenvalue weighted by Crippen LogP contribution is 2.20. The number of carbonyl (C=O) groups excluding carboxylic acids is 1. The molecule has 0 bridgehead atoms. The van der Waals surface area contributed by atoms with Crippen LogP contribution in [0.3, 0.4) is 0 Å². The minimum atomic E-state index is -0.0335. The average molecular weight is 459 g/mol. The summed E-state index contributed by atoms with van der Waals surface area (Å²) in [7, 11) is 0. The Morgan fingerprint density at radius 3 is 2.66 bits per heavy atom. The highest BCUT2D eigenvalue weighted by molar-refractivity contribution is 6.30. The van der Waals surface area contributed by atoms with E-state index in [1.54, 1.807) is 12.1 Å². The van der Waals surface area contributed by atoms with Crippen LogP contribution in [0.25, 0.3) is 0 Å². The molecule has 4 rings (SSSR count). The highest BCUT2D eigenvalue weighted by atomic mass is 35.5. The van der Waals surface area contributed by atoms with Crippen molar-refractivity contribution in [1.29, 1.82) is 0 Å². The molecule has 1 amide bonds. The fourth-order valence-corrected chi connectivity index (χ4v) is 4.28. The lowest BCUT2D eigenvalue weighted by Gasteiger charge is -2.26. The Morgan fingerprint density at radius 1 is 1.12 bits per heavy atom. The molecule has 0 saturated carbocycles. The number of benzene rings is 2. The molecule has 2 fully saturated rings. The van der Waals surface area contributed by atoms with Gasteiger partial charge in [0.1, 0.15) is 12.4 Å². The number of halogens is 1. The van der Waals surface area contributed by atoms with Crippen molar-refractivity contribution < 1.29 is 19.0 Å². The van der Waals surface area contributed by atoms with E-state index in [1.165, 1.54) is 0 Å². The molecule has 172 valence electrons. The van der Waals surface area contributed by atoms with Gasteiger partial charge in [0.2, 0.25) is 0 Å². The molecule has 7 heteroatoms. The van der Waals surface area contributed by atoms with Crippen LogP contribution >= 0.6 is 11.6 Å². The van der Waals surface area contributed by atoms with Crippen molar-refractivity contribution in [3.8, 4) is 5.75 Å². The molecule has 0 aliphatic carbocycles.